The van der Waals surface area contributed by atoms with Crippen LogP contribution >= 0.6 is 0 Å². The summed E-state index contributed by atoms with van der Waals surface area (Å²) in [5.41, 5.74) is 1.91. The van der Waals surface area contributed by atoms with Gasteiger partial charge < -0.3 is 10.1 Å². The number of amides is 1. The number of carbonyl (C=O) groups excluding carboxylic acids is 1. The summed E-state index contributed by atoms with van der Waals surface area (Å²) in [7, 11) is 1.62. The Balaban J connectivity index is 2.05. The molecule has 0 bridgehead atoms. The van der Waals surface area contributed by atoms with Gasteiger partial charge in [-0.3, -0.25) is 4.79 Å². The molecule has 0 heterocycles. The first-order valence-corrected chi connectivity index (χ1v) is 6.67. The van der Waals surface area contributed by atoms with E-state index >= 15 is 0 Å². The van der Waals surface area contributed by atoms with E-state index < -0.39 is 0 Å². The summed E-state index contributed by atoms with van der Waals surface area (Å²) in [6.45, 7) is 5.83. The van der Waals surface area contributed by atoms with E-state index in [9.17, 15) is 4.79 Å². The largest absolute Gasteiger partial charge is 0.496 e. The SMILES string of the molecule is C=Cc1ccc(CC(=O)NC2(C)CCC2)c(OC)c1. The molecule has 0 spiro atoms. The smallest absolute Gasteiger partial charge is 0.224 e. The molecule has 102 valence electrons. The summed E-state index contributed by atoms with van der Waals surface area (Å²) in [4.78, 5) is 12.1. The topological polar surface area (TPSA) is 38.3 Å². The number of ether oxygens (including phenoxy) is 1. The lowest BCUT2D eigenvalue weighted by Crippen LogP contribution is -2.51. The van der Waals surface area contributed by atoms with E-state index in [0.29, 0.717) is 6.42 Å². The van der Waals surface area contributed by atoms with Gasteiger partial charge >= 0.3 is 0 Å². The van der Waals surface area contributed by atoms with Crippen molar-refractivity contribution >= 4 is 12.0 Å². The van der Waals surface area contributed by atoms with E-state index in [1.165, 1.54) is 6.42 Å². The fraction of sp³-hybridized carbons (Fsp3) is 0.438. The standard InChI is InChI=1S/C16H21NO2/c1-4-12-6-7-13(14(10-12)19-3)11-15(18)17-16(2)8-5-9-16/h4,6-7,10H,1,5,8-9,11H2,2-3H3,(H,17,18). The molecule has 1 aliphatic rings. The van der Waals surface area contributed by atoms with Gasteiger partial charge in [-0.05, 0) is 37.8 Å². The van der Waals surface area contributed by atoms with Crippen LogP contribution in [0.15, 0.2) is 24.8 Å². The van der Waals surface area contributed by atoms with Crippen molar-refractivity contribution in [3.63, 3.8) is 0 Å². The molecule has 1 fully saturated rings. The van der Waals surface area contributed by atoms with Crippen LogP contribution in [-0.2, 0) is 11.2 Å². The van der Waals surface area contributed by atoms with Crippen molar-refractivity contribution in [3.8, 4) is 5.75 Å². The first kappa shape index (κ1) is 13.7. The van der Waals surface area contributed by atoms with Crippen molar-refractivity contribution < 1.29 is 9.53 Å². The van der Waals surface area contributed by atoms with Crippen molar-refractivity contribution in [2.45, 2.75) is 38.1 Å². The van der Waals surface area contributed by atoms with E-state index in [4.69, 9.17) is 4.74 Å². The molecule has 0 saturated heterocycles. The molecule has 0 radical (unpaired) electrons. The third-order valence-electron chi connectivity index (χ3n) is 3.80. The Hall–Kier alpha value is -1.77. The second kappa shape index (κ2) is 5.47. The minimum atomic E-state index is 0.00533. The first-order chi connectivity index (χ1) is 9.06. The molecule has 0 atom stereocenters. The summed E-state index contributed by atoms with van der Waals surface area (Å²) in [5.74, 6) is 0.804. The Kier molecular flexibility index (Phi) is 3.93. The van der Waals surface area contributed by atoms with Crippen LogP contribution in [0, 0.1) is 0 Å². The molecular formula is C16H21NO2. The third kappa shape index (κ3) is 3.16. The van der Waals surface area contributed by atoms with E-state index in [1.54, 1.807) is 13.2 Å². The maximum absolute atomic E-state index is 12.1. The number of carbonyl (C=O) groups is 1. The van der Waals surface area contributed by atoms with Gasteiger partial charge in [0.05, 0.1) is 13.5 Å². The molecule has 1 aromatic rings. The van der Waals surface area contributed by atoms with Gasteiger partial charge in [0.25, 0.3) is 0 Å². The number of hydrogen-bond donors (Lipinski definition) is 1. The highest BCUT2D eigenvalue weighted by atomic mass is 16.5. The molecule has 1 aromatic carbocycles. The van der Waals surface area contributed by atoms with Gasteiger partial charge in [-0.1, -0.05) is 24.8 Å². The lowest BCUT2D eigenvalue weighted by Gasteiger charge is -2.39. The average Bonchev–Trinajstić information content (AvgIpc) is 2.37. The maximum atomic E-state index is 12.1. The molecule has 0 unspecified atom stereocenters. The van der Waals surface area contributed by atoms with Crippen molar-refractivity contribution in [2.24, 2.45) is 0 Å². The Morgan fingerprint density at radius 3 is 2.79 bits per heavy atom. The van der Waals surface area contributed by atoms with Crippen LogP contribution in [0.3, 0.4) is 0 Å². The molecule has 0 aliphatic heterocycles. The van der Waals surface area contributed by atoms with Gasteiger partial charge in [0.1, 0.15) is 5.75 Å². The summed E-state index contributed by atoms with van der Waals surface area (Å²) in [6, 6.07) is 5.78. The maximum Gasteiger partial charge on any atom is 0.224 e. The predicted octanol–water partition coefficient (Wildman–Crippen LogP) is 2.94. The van der Waals surface area contributed by atoms with Crippen LogP contribution in [0.25, 0.3) is 6.08 Å². The lowest BCUT2D eigenvalue weighted by molar-refractivity contribution is -0.123. The van der Waals surface area contributed by atoms with Gasteiger partial charge in [-0.2, -0.15) is 0 Å². The second-order valence-electron chi connectivity index (χ2n) is 5.41. The first-order valence-electron chi connectivity index (χ1n) is 6.67. The number of hydrogen-bond acceptors (Lipinski definition) is 2. The highest BCUT2D eigenvalue weighted by Crippen LogP contribution is 2.31. The van der Waals surface area contributed by atoms with Crippen LogP contribution in [0.2, 0.25) is 0 Å². The summed E-state index contributed by atoms with van der Waals surface area (Å²) >= 11 is 0. The van der Waals surface area contributed by atoms with Crippen molar-refractivity contribution in [1.82, 2.24) is 5.32 Å². The number of rotatable bonds is 5. The van der Waals surface area contributed by atoms with E-state index in [-0.39, 0.29) is 11.4 Å². The molecule has 3 heteroatoms. The minimum Gasteiger partial charge on any atom is -0.496 e. The van der Waals surface area contributed by atoms with Crippen LogP contribution < -0.4 is 10.1 Å². The van der Waals surface area contributed by atoms with Crippen molar-refractivity contribution in [1.29, 1.82) is 0 Å². The van der Waals surface area contributed by atoms with Crippen LogP contribution in [0.5, 0.6) is 5.75 Å². The fourth-order valence-electron chi connectivity index (χ4n) is 2.42. The quantitative estimate of drug-likeness (QED) is 0.883. The zero-order valence-corrected chi connectivity index (χ0v) is 11.7. The second-order valence-corrected chi connectivity index (χ2v) is 5.41. The fourth-order valence-corrected chi connectivity index (χ4v) is 2.42. The zero-order chi connectivity index (χ0) is 13.9. The normalized spacial score (nSPS) is 16.3. The molecule has 1 aliphatic carbocycles. The molecule has 19 heavy (non-hydrogen) atoms. The monoisotopic (exact) mass is 259 g/mol. The number of benzene rings is 1. The van der Waals surface area contributed by atoms with Crippen LogP contribution in [-0.4, -0.2) is 18.6 Å². The van der Waals surface area contributed by atoms with Gasteiger partial charge in [0.2, 0.25) is 5.91 Å². The summed E-state index contributed by atoms with van der Waals surface area (Å²) in [5, 5.41) is 3.11. The van der Waals surface area contributed by atoms with E-state index in [2.05, 4.69) is 18.8 Å². The Labute approximate surface area is 114 Å². The molecule has 1 amide bonds. The van der Waals surface area contributed by atoms with Gasteiger partial charge in [-0.15, -0.1) is 0 Å². The minimum absolute atomic E-state index is 0.00533. The van der Waals surface area contributed by atoms with Crippen molar-refractivity contribution in [3.05, 3.63) is 35.9 Å². The molecule has 3 nitrogen and oxygen atoms in total. The highest BCUT2D eigenvalue weighted by molar-refractivity contribution is 5.80. The molecule has 1 saturated carbocycles. The van der Waals surface area contributed by atoms with Crippen molar-refractivity contribution in [2.75, 3.05) is 7.11 Å². The summed E-state index contributed by atoms with van der Waals surface area (Å²) < 4.78 is 5.33. The number of methoxy groups -OCH3 is 1. The lowest BCUT2D eigenvalue weighted by atomic mass is 9.78. The van der Waals surface area contributed by atoms with E-state index in [1.807, 2.05) is 18.2 Å². The molecular weight excluding hydrogens is 238 g/mol. The van der Waals surface area contributed by atoms with Gasteiger partial charge in [0.15, 0.2) is 0 Å². The molecule has 2 rings (SSSR count). The average molecular weight is 259 g/mol. The number of nitrogens with one attached hydrogen (secondary N) is 1. The predicted molar refractivity (Wildman–Crippen MR) is 77.2 cm³/mol. The summed E-state index contributed by atoms with van der Waals surface area (Å²) in [6.07, 6.45) is 5.47. The van der Waals surface area contributed by atoms with E-state index in [0.717, 1.165) is 29.7 Å². The molecule has 1 N–H and O–H groups in total. The van der Waals surface area contributed by atoms with Crippen LogP contribution in [0.4, 0.5) is 0 Å². The third-order valence-corrected chi connectivity index (χ3v) is 3.80. The highest BCUT2D eigenvalue weighted by Gasteiger charge is 2.33. The Morgan fingerprint density at radius 2 is 2.26 bits per heavy atom. The zero-order valence-electron chi connectivity index (χ0n) is 11.7. The van der Waals surface area contributed by atoms with Gasteiger partial charge in [-0.25, -0.2) is 0 Å². The molecule has 0 aromatic heterocycles. The Morgan fingerprint density at radius 1 is 1.53 bits per heavy atom. The van der Waals surface area contributed by atoms with Gasteiger partial charge in [0, 0.05) is 11.1 Å². The Bertz CT molecular complexity index is 490. The van der Waals surface area contributed by atoms with Crippen LogP contribution in [0.1, 0.15) is 37.3 Å².